The molecule has 0 aliphatic carbocycles. The van der Waals surface area contributed by atoms with Gasteiger partial charge in [0.1, 0.15) is 18.3 Å². The molecule has 4 N–H and O–H groups in total. The maximum absolute atomic E-state index is 9.87. The summed E-state index contributed by atoms with van der Waals surface area (Å²) in [5, 5.41) is 36.1. The smallest absolute Gasteiger partial charge is 0.295 e. The Balaban J connectivity index is 2.64. The molecule has 76 valence electrons. The predicted molar refractivity (Wildman–Crippen MR) is 36.0 cm³/mol. The Hall–Kier alpha value is -0.730. The Labute approximate surface area is 73.1 Å². The molecule has 1 aliphatic rings. The number of carbonyl (C=O) groups excluding carboxylic acids is 1. The van der Waals surface area contributed by atoms with Crippen LogP contribution in [0.5, 0.6) is 0 Å². The van der Waals surface area contributed by atoms with Gasteiger partial charge in [-0.25, -0.2) is 0 Å². The van der Waals surface area contributed by atoms with Gasteiger partial charge in [0.15, 0.2) is 6.29 Å². The van der Waals surface area contributed by atoms with E-state index in [9.17, 15) is 4.79 Å². The fraction of sp³-hybridized carbons (Fsp3) is 0.833. The number of hydrogen-bond donors (Lipinski definition) is 4. The van der Waals surface area contributed by atoms with Crippen molar-refractivity contribution < 1.29 is 34.7 Å². The molecule has 0 amide bonds. The highest BCUT2D eigenvalue weighted by Crippen LogP contribution is 2.19. The Morgan fingerprint density at radius 1 is 1.08 bits per heavy atom. The topological polar surface area (TPSA) is 116 Å². The SMILES string of the molecule is O=COC1O[C@@H](O)C(O)[C@@H](O)[C@H]1O. The van der Waals surface area contributed by atoms with Crippen molar-refractivity contribution in [3.63, 3.8) is 0 Å². The highest BCUT2D eigenvalue weighted by Gasteiger charge is 2.44. The maximum Gasteiger partial charge on any atom is 0.295 e. The van der Waals surface area contributed by atoms with E-state index in [0.29, 0.717) is 0 Å². The van der Waals surface area contributed by atoms with Gasteiger partial charge in [-0.2, -0.15) is 0 Å². The molecule has 0 aromatic carbocycles. The largest absolute Gasteiger partial charge is 0.435 e. The van der Waals surface area contributed by atoms with Crippen LogP contribution in [0.25, 0.3) is 0 Å². The molecule has 0 radical (unpaired) electrons. The van der Waals surface area contributed by atoms with Gasteiger partial charge in [-0.15, -0.1) is 0 Å². The van der Waals surface area contributed by atoms with Crippen molar-refractivity contribution in [2.24, 2.45) is 0 Å². The van der Waals surface area contributed by atoms with Gasteiger partial charge in [0.05, 0.1) is 0 Å². The lowest BCUT2D eigenvalue weighted by Gasteiger charge is -2.36. The lowest BCUT2D eigenvalue weighted by molar-refractivity contribution is -0.328. The highest BCUT2D eigenvalue weighted by atomic mass is 16.8. The van der Waals surface area contributed by atoms with Gasteiger partial charge in [0, 0.05) is 0 Å². The quantitative estimate of drug-likeness (QED) is 0.344. The zero-order chi connectivity index (χ0) is 10.0. The summed E-state index contributed by atoms with van der Waals surface area (Å²) in [6.45, 7) is 0.00499. The van der Waals surface area contributed by atoms with E-state index < -0.39 is 30.9 Å². The zero-order valence-corrected chi connectivity index (χ0v) is 6.48. The molecule has 7 heteroatoms. The molecule has 1 saturated heterocycles. The zero-order valence-electron chi connectivity index (χ0n) is 6.48. The van der Waals surface area contributed by atoms with Gasteiger partial charge >= 0.3 is 0 Å². The summed E-state index contributed by atoms with van der Waals surface area (Å²) in [6, 6.07) is 0. The summed E-state index contributed by atoms with van der Waals surface area (Å²) in [5.41, 5.74) is 0. The van der Waals surface area contributed by atoms with Crippen molar-refractivity contribution in [1.82, 2.24) is 0 Å². The number of ether oxygens (including phenoxy) is 2. The first-order valence-electron chi connectivity index (χ1n) is 3.54. The Morgan fingerprint density at radius 2 is 1.69 bits per heavy atom. The molecule has 1 aliphatic heterocycles. The third-order valence-corrected chi connectivity index (χ3v) is 1.73. The number of aliphatic hydroxyl groups excluding tert-OH is 4. The molecular formula is C6H10O7. The van der Waals surface area contributed by atoms with E-state index in [-0.39, 0.29) is 6.47 Å². The second-order valence-electron chi connectivity index (χ2n) is 2.60. The maximum atomic E-state index is 9.87. The fourth-order valence-corrected chi connectivity index (χ4v) is 0.997. The predicted octanol–water partition coefficient (Wildman–Crippen LogP) is -3.08. The van der Waals surface area contributed by atoms with E-state index >= 15 is 0 Å². The molecule has 2 unspecified atom stereocenters. The minimum absolute atomic E-state index is 0.00499. The first-order valence-corrected chi connectivity index (χ1v) is 3.54. The van der Waals surface area contributed by atoms with Crippen LogP contribution in [0.2, 0.25) is 0 Å². The second-order valence-corrected chi connectivity index (χ2v) is 2.60. The second kappa shape index (κ2) is 3.99. The van der Waals surface area contributed by atoms with E-state index in [4.69, 9.17) is 20.4 Å². The molecule has 1 heterocycles. The minimum Gasteiger partial charge on any atom is -0.435 e. The first kappa shape index (κ1) is 10.4. The highest BCUT2D eigenvalue weighted by molar-refractivity contribution is 5.37. The summed E-state index contributed by atoms with van der Waals surface area (Å²) in [5.74, 6) is 0. The van der Waals surface area contributed by atoms with Gasteiger partial charge in [-0.3, -0.25) is 4.79 Å². The molecule has 0 saturated carbocycles. The van der Waals surface area contributed by atoms with Gasteiger partial charge < -0.3 is 29.9 Å². The Bertz CT molecular complexity index is 184. The fourth-order valence-electron chi connectivity index (χ4n) is 0.997. The molecule has 0 spiro atoms. The van der Waals surface area contributed by atoms with Crippen LogP contribution in [-0.2, 0) is 14.3 Å². The lowest BCUT2D eigenvalue weighted by Crippen LogP contribution is -2.58. The van der Waals surface area contributed by atoms with E-state index in [1.807, 2.05) is 0 Å². The van der Waals surface area contributed by atoms with Crippen molar-refractivity contribution in [3.8, 4) is 0 Å². The molecule has 13 heavy (non-hydrogen) atoms. The average Bonchev–Trinajstić information content (AvgIpc) is 2.11. The van der Waals surface area contributed by atoms with Gasteiger partial charge in [-0.1, -0.05) is 0 Å². The van der Waals surface area contributed by atoms with Crippen LogP contribution in [0.15, 0.2) is 0 Å². The summed E-state index contributed by atoms with van der Waals surface area (Å²) >= 11 is 0. The molecule has 0 bridgehead atoms. The van der Waals surface area contributed by atoms with Crippen molar-refractivity contribution >= 4 is 6.47 Å². The molecule has 1 fully saturated rings. The summed E-state index contributed by atoms with van der Waals surface area (Å²) < 4.78 is 8.66. The number of rotatable bonds is 2. The van der Waals surface area contributed by atoms with Crippen LogP contribution < -0.4 is 0 Å². The third kappa shape index (κ3) is 1.95. The van der Waals surface area contributed by atoms with Crippen LogP contribution >= 0.6 is 0 Å². The Kier molecular flexibility index (Phi) is 3.17. The lowest BCUT2D eigenvalue weighted by atomic mass is 10.0. The van der Waals surface area contributed by atoms with Crippen molar-refractivity contribution in [2.45, 2.75) is 30.9 Å². The van der Waals surface area contributed by atoms with Crippen molar-refractivity contribution in [2.75, 3.05) is 0 Å². The van der Waals surface area contributed by atoms with E-state index in [1.54, 1.807) is 0 Å². The standard InChI is InChI=1S/C6H10O7/c7-1-12-6-4(10)2(8)3(9)5(11)13-6/h1-6,8-11H/t2-,3?,4-,5-,6?/m1/s1. The van der Waals surface area contributed by atoms with Crippen LogP contribution in [0.3, 0.4) is 0 Å². The molecular weight excluding hydrogens is 184 g/mol. The summed E-state index contributed by atoms with van der Waals surface area (Å²) in [6.07, 6.45) is -7.98. The monoisotopic (exact) mass is 194 g/mol. The van der Waals surface area contributed by atoms with Crippen LogP contribution in [-0.4, -0.2) is 57.8 Å². The van der Waals surface area contributed by atoms with E-state index in [2.05, 4.69) is 9.47 Å². The summed E-state index contributed by atoms with van der Waals surface area (Å²) in [4.78, 5) is 9.87. The number of hydrogen-bond acceptors (Lipinski definition) is 7. The normalized spacial score (nSPS) is 45.7. The minimum atomic E-state index is -1.69. The van der Waals surface area contributed by atoms with Crippen molar-refractivity contribution in [3.05, 3.63) is 0 Å². The molecule has 1 rings (SSSR count). The average molecular weight is 194 g/mol. The van der Waals surface area contributed by atoms with Gasteiger partial charge in [-0.05, 0) is 0 Å². The molecule has 7 nitrogen and oxygen atoms in total. The van der Waals surface area contributed by atoms with E-state index in [0.717, 1.165) is 0 Å². The number of aliphatic hydroxyl groups is 4. The third-order valence-electron chi connectivity index (χ3n) is 1.73. The molecule has 5 atom stereocenters. The van der Waals surface area contributed by atoms with Crippen molar-refractivity contribution in [1.29, 1.82) is 0 Å². The Morgan fingerprint density at radius 3 is 2.23 bits per heavy atom. The molecule has 0 aromatic heterocycles. The van der Waals surface area contributed by atoms with Gasteiger partial charge in [0.2, 0.25) is 6.29 Å². The first-order chi connectivity index (χ1) is 6.07. The summed E-state index contributed by atoms with van der Waals surface area (Å²) in [7, 11) is 0. The molecule has 0 aromatic rings. The number of carbonyl (C=O) groups is 1. The van der Waals surface area contributed by atoms with Crippen LogP contribution in [0.4, 0.5) is 0 Å². The van der Waals surface area contributed by atoms with Crippen LogP contribution in [0.1, 0.15) is 0 Å². The van der Waals surface area contributed by atoms with Gasteiger partial charge in [0.25, 0.3) is 6.47 Å². The van der Waals surface area contributed by atoms with E-state index in [1.165, 1.54) is 0 Å². The van der Waals surface area contributed by atoms with Crippen LogP contribution in [0, 0.1) is 0 Å².